The molecule has 1 aliphatic heterocycles. The number of thioether (sulfide) groups is 1. The Labute approximate surface area is 90.9 Å². The van der Waals surface area contributed by atoms with Gasteiger partial charge in [-0.1, -0.05) is 18.7 Å². The lowest BCUT2D eigenvalue weighted by atomic mass is 10.1. The summed E-state index contributed by atoms with van der Waals surface area (Å²) in [6, 6.07) is 0.617. The van der Waals surface area contributed by atoms with E-state index in [1.165, 1.54) is 36.6 Å². The fraction of sp³-hybridized carbons (Fsp3) is 0.909. The maximum Gasteiger partial charge on any atom is 0.156 e. The van der Waals surface area contributed by atoms with Gasteiger partial charge in [-0.25, -0.2) is 0 Å². The molecule has 2 aliphatic rings. The summed E-state index contributed by atoms with van der Waals surface area (Å²) in [5.41, 5.74) is 0.593. The van der Waals surface area contributed by atoms with Gasteiger partial charge in [0.1, 0.15) is 0 Å². The molecule has 0 aromatic heterocycles. The molecule has 0 radical (unpaired) electrons. The van der Waals surface area contributed by atoms with Gasteiger partial charge in [0.05, 0.1) is 0 Å². The highest BCUT2D eigenvalue weighted by Gasteiger charge is 2.40. The predicted octanol–water partition coefficient (Wildman–Crippen LogP) is 2.65. The van der Waals surface area contributed by atoms with Crippen molar-refractivity contribution in [3.8, 4) is 0 Å². The van der Waals surface area contributed by atoms with Crippen molar-refractivity contribution >= 4 is 16.9 Å². The molecular weight excluding hydrogens is 192 g/mol. The van der Waals surface area contributed by atoms with E-state index in [0.29, 0.717) is 11.5 Å². The first-order chi connectivity index (χ1) is 6.74. The van der Waals surface area contributed by atoms with Gasteiger partial charge >= 0.3 is 0 Å². The highest BCUT2D eigenvalue weighted by atomic mass is 32.2. The minimum absolute atomic E-state index is 0.593. The van der Waals surface area contributed by atoms with Crippen molar-refractivity contribution in [3.05, 3.63) is 0 Å². The fourth-order valence-electron chi connectivity index (χ4n) is 1.79. The van der Waals surface area contributed by atoms with Crippen molar-refractivity contribution < 1.29 is 0 Å². The second kappa shape index (κ2) is 4.13. The molecule has 1 saturated heterocycles. The van der Waals surface area contributed by atoms with Gasteiger partial charge in [-0.2, -0.15) is 0 Å². The van der Waals surface area contributed by atoms with E-state index in [0.717, 1.165) is 6.54 Å². The van der Waals surface area contributed by atoms with Gasteiger partial charge in [-0.05, 0) is 38.0 Å². The van der Waals surface area contributed by atoms with Gasteiger partial charge in [-0.3, -0.25) is 4.99 Å². The van der Waals surface area contributed by atoms with Crippen LogP contribution in [-0.4, -0.2) is 23.5 Å². The van der Waals surface area contributed by atoms with E-state index in [1.807, 2.05) is 11.8 Å². The molecule has 1 aliphatic carbocycles. The Balaban J connectivity index is 1.84. The summed E-state index contributed by atoms with van der Waals surface area (Å²) in [6.07, 6.45) is 5.34. The number of nitrogens with one attached hydrogen (secondary N) is 1. The van der Waals surface area contributed by atoms with Crippen molar-refractivity contribution in [2.24, 2.45) is 10.4 Å². The third-order valence-electron chi connectivity index (χ3n) is 3.42. The molecule has 1 heterocycles. The second-order valence-corrected chi connectivity index (χ2v) is 5.74. The molecule has 2 rings (SSSR count). The van der Waals surface area contributed by atoms with E-state index in [-0.39, 0.29) is 0 Å². The van der Waals surface area contributed by atoms with Crippen LogP contribution in [0, 0.1) is 5.41 Å². The molecule has 1 saturated carbocycles. The van der Waals surface area contributed by atoms with Gasteiger partial charge in [-0.15, -0.1) is 0 Å². The van der Waals surface area contributed by atoms with Crippen LogP contribution in [0.4, 0.5) is 0 Å². The molecule has 1 atom stereocenters. The van der Waals surface area contributed by atoms with Gasteiger partial charge < -0.3 is 5.32 Å². The summed E-state index contributed by atoms with van der Waals surface area (Å²) < 4.78 is 0. The van der Waals surface area contributed by atoms with Crippen molar-refractivity contribution in [2.45, 2.75) is 45.6 Å². The Kier molecular flexibility index (Phi) is 3.05. The molecule has 2 nitrogen and oxygen atoms in total. The molecule has 0 bridgehead atoms. The predicted molar refractivity (Wildman–Crippen MR) is 63.9 cm³/mol. The fourth-order valence-corrected chi connectivity index (χ4v) is 2.89. The normalized spacial score (nSPS) is 32.7. The lowest BCUT2D eigenvalue weighted by molar-refractivity contribution is 0.505. The maximum atomic E-state index is 4.71. The lowest BCUT2D eigenvalue weighted by Gasteiger charge is -2.22. The third kappa shape index (κ3) is 2.44. The Hall–Kier alpha value is -0.180. The van der Waals surface area contributed by atoms with Crippen LogP contribution in [0.3, 0.4) is 0 Å². The average molecular weight is 212 g/mol. The smallest absolute Gasteiger partial charge is 0.156 e. The summed E-state index contributed by atoms with van der Waals surface area (Å²) in [5.74, 6) is 1.23. The van der Waals surface area contributed by atoms with Gasteiger partial charge in [0, 0.05) is 18.3 Å². The quantitative estimate of drug-likeness (QED) is 0.778. The zero-order valence-electron chi connectivity index (χ0n) is 9.18. The summed E-state index contributed by atoms with van der Waals surface area (Å²) in [5, 5.41) is 4.64. The Morgan fingerprint density at radius 1 is 1.57 bits per heavy atom. The molecule has 0 aromatic rings. The van der Waals surface area contributed by atoms with Crippen LogP contribution >= 0.6 is 11.8 Å². The molecule has 0 aromatic carbocycles. The minimum atomic E-state index is 0.593. The molecule has 80 valence electrons. The zero-order chi connectivity index (χ0) is 10.0. The van der Waals surface area contributed by atoms with Crippen LogP contribution in [0.15, 0.2) is 4.99 Å². The summed E-state index contributed by atoms with van der Waals surface area (Å²) in [7, 11) is 0. The van der Waals surface area contributed by atoms with E-state index in [4.69, 9.17) is 4.99 Å². The van der Waals surface area contributed by atoms with E-state index >= 15 is 0 Å². The van der Waals surface area contributed by atoms with Crippen LogP contribution in [-0.2, 0) is 0 Å². The van der Waals surface area contributed by atoms with E-state index in [1.54, 1.807) is 0 Å². The van der Waals surface area contributed by atoms with Crippen molar-refractivity contribution in [3.63, 3.8) is 0 Å². The topological polar surface area (TPSA) is 24.4 Å². The Morgan fingerprint density at radius 2 is 2.36 bits per heavy atom. The largest absolute Gasteiger partial charge is 0.362 e. The molecule has 2 fully saturated rings. The summed E-state index contributed by atoms with van der Waals surface area (Å²) >= 11 is 1.88. The second-order valence-electron chi connectivity index (χ2n) is 4.66. The molecule has 14 heavy (non-hydrogen) atoms. The highest BCUT2D eigenvalue weighted by Crippen LogP contribution is 2.48. The van der Waals surface area contributed by atoms with Gasteiger partial charge in [0.2, 0.25) is 0 Å². The number of hydrogen-bond donors (Lipinski definition) is 1. The highest BCUT2D eigenvalue weighted by molar-refractivity contribution is 8.13. The van der Waals surface area contributed by atoms with E-state index < -0.39 is 0 Å². The first-order valence-electron chi connectivity index (χ1n) is 5.68. The molecule has 3 heteroatoms. The molecule has 0 amide bonds. The van der Waals surface area contributed by atoms with Crippen LogP contribution in [0.25, 0.3) is 0 Å². The number of nitrogens with zero attached hydrogens (tertiary/aromatic N) is 1. The number of amidine groups is 1. The van der Waals surface area contributed by atoms with E-state index in [2.05, 4.69) is 19.2 Å². The van der Waals surface area contributed by atoms with Crippen molar-refractivity contribution in [1.29, 1.82) is 0 Å². The molecule has 0 spiro atoms. The van der Waals surface area contributed by atoms with Crippen molar-refractivity contribution in [1.82, 2.24) is 5.32 Å². The number of rotatable bonds is 3. The minimum Gasteiger partial charge on any atom is -0.362 e. The summed E-state index contributed by atoms with van der Waals surface area (Å²) in [6.45, 7) is 5.57. The van der Waals surface area contributed by atoms with E-state index in [9.17, 15) is 0 Å². The zero-order valence-corrected chi connectivity index (χ0v) is 9.99. The summed E-state index contributed by atoms with van der Waals surface area (Å²) in [4.78, 5) is 4.71. The van der Waals surface area contributed by atoms with Crippen LogP contribution in [0.1, 0.15) is 39.5 Å². The molecule has 1 N–H and O–H groups in total. The third-order valence-corrected chi connectivity index (χ3v) is 4.38. The SMILES string of the molecule is CCC1(CN=C2NC(C)CCS2)CC1. The van der Waals surface area contributed by atoms with Gasteiger partial charge in [0.25, 0.3) is 0 Å². The van der Waals surface area contributed by atoms with Crippen LogP contribution < -0.4 is 5.32 Å². The molecule has 1 unspecified atom stereocenters. The first-order valence-corrected chi connectivity index (χ1v) is 6.66. The van der Waals surface area contributed by atoms with Crippen LogP contribution in [0.5, 0.6) is 0 Å². The Morgan fingerprint density at radius 3 is 2.93 bits per heavy atom. The monoisotopic (exact) mass is 212 g/mol. The van der Waals surface area contributed by atoms with Crippen molar-refractivity contribution in [2.75, 3.05) is 12.3 Å². The lowest BCUT2D eigenvalue weighted by Crippen LogP contribution is -2.35. The first kappa shape index (κ1) is 10.3. The number of hydrogen-bond acceptors (Lipinski definition) is 2. The maximum absolute atomic E-state index is 4.71. The van der Waals surface area contributed by atoms with Crippen LogP contribution in [0.2, 0.25) is 0 Å². The standard InChI is InChI=1S/C11H20N2S/c1-3-11(5-6-11)8-12-10-13-9(2)4-7-14-10/h9H,3-8H2,1-2H3,(H,12,13). The molecular formula is C11H20N2S. The number of aliphatic imine (C=N–C) groups is 1. The Bertz CT molecular complexity index is 233. The van der Waals surface area contributed by atoms with Gasteiger partial charge in [0.15, 0.2) is 5.17 Å². The average Bonchev–Trinajstić information content (AvgIpc) is 2.96.